The molecule has 0 unspecified atom stereocenters. The van der Waals surface area contributed by atoms with E-state index < -0.39 is 0 Å². The Balaban J connectivity index is 0.964. The number of nitrogens with zero attached hydrogens (tertiary/aromatic N) is 4. The molecule has 1 fully saturated rings. The standard InChI is InChI=1S/C37H38ClN5O2/c1-28-27-36(30-9-15-34(16-10-30)44-25-19-29-7-11-31(38)12-8-29)41-37(39-28)40-32-13-17-35(18-14-32)45-26-24-42-20-22-43(23-21-42)33-5-3-2-4-6-33/h2-18,27H,19-26H2,1H3,(H,39,40,41). The van der Waals surface area contributed by atoms with Crippen molar-refractivity contribution in [1.82, 2.24) is 14.9 Å². The van der Waals surface area contributed by atoms with Gasteiger partial charge in [-0.1, -0.05) is 41.9 Å². The number of anilines is 3. The maximum Gasteiger partial charge on any atom is 0.227 e. The first kappa shape index (κ1) is 30.4. The quantitative estimate of drug-likeness (QED) is 0.154. The van der Waals surface area contributed by atoms with Crippen LogP contribution < -0.4 is 19.7 Å². The molecule has 4 aromatic carbocycles. The van der Waals surface area contributed by atoms with Gasteiger partial charge in [-0.2, -0.15) is 0 Å². The minimum absolute atomic E-state index is 0.552. The van der Waals surface area contributed by atoms with Crippen molar-refractivity contribution in [3.8, 4) is 22.8 Å². The van der Waals surface area contributed by atoms with Gasteiger partial charge in [0.05, 0.1) is 12.3 Å². The van der Waals surface area contributed by atoms with Gasteiger partial charge in [0.25, 0.3) is 0 Å². The second-order valence-electron chi connectivity index (χ2n) is 11.1. The molecule has 0 radical (unpaired) electrons. The van der Waals surface area contributed by atoms with E-state index in [1.54, 1.807) is 0 Å². The lowest BCUT2D eigenvalue weighted by Crippen LogP contribution is -2.47. The van der Waals surface area contributed by atoms with Crippen LogP contribution in [0.15, 0.2) is 109 Å². The van der Waals surface area contributed by atoms with Crippen molar-refractivity contribution < 1.29 is 9.47 Å². The minimum atomic E-state index is 0.552. The highest BCUT2D eigenvalue weighted by Crippen LogP contribution is 2.25. The first-order chi connectivity index (χ1) is 22.1. The Morgan fingerprint density at radius 3 is 2.11 bits per heavy atom. The smallest absolute Gasteiger partial charge is 0.227 e. The van der Waals surface area contributed by atoms with Gasteiger partial charge in [-0.15, -0.1) is 0 Å². The van der Waals surface area contributed by atoms with Crippen molar-refractivity contribution in [3.05, 3.63) is 125 Å². The Morgan fingerprint density at radius 1 is 0.733 bits per heavy atom. The van der Waals surface area contributed by atoms with Crippen LogP contribution in [0.1, 0.15) is 11.3 Å². The van der Waals surface area contributed by atoms with Crippen molar-refractivity contribution in [1.29, 1.82) is 0 Å². The predicted octanol–water partition coefficient (Wildman–Crippen LogP) is 7.67. The summed E-state index contributed by atoms with van der Waals surface area (Å²) in [5, 5.41) is 4.08. The van der Waals surface area contributed by atoms with Crippen molar-refractivity contribution in [2.75, 3.05) is 56.2 Å². The molecule has 1 aromatic heterocycles. The first-order valence-electron chi connectivity index (χ1n) is 15.4. The summed E-state index contributed by atoms with van der Waals surface area (Å²) >= 11 is 5.97. The van der Waals surface area contributed by atoms with Crippen LogP contribution in [0.25, 0.3) is 11.3 Å². The molecule has 5 aromatic rings. The zero-order valence-corrected chi connectivity index (χ0v) is 26.3. The average molecular weight is 620 g/mol. The van der Waals surface area contributed by atoms with Gasteiger partial charge in [-0.25, -0.2) is 9.97 Å². The van der Waals surface area contributed by atoms with E-state index in [1.165, 1.54) is 11.3 Å². The van der Waals surface area contributed by atoms with Crippen molar-refractivity contribution in [2.45, 2.75) is 13.3 Å². The van der Waals surface area contributed by atoms with Crippen LogP contribution in [-0.4, -0.2) is 60.8 Å². The van der Waals surface area contributed by atoms with Crippen molar-refractivity contribution in [3.63, 3.8) is 0 Å². The van der Waals surface area contributed by atoms with E-state index in [1.807, 2.05) is 85.8 Å². The van der Waals surface area contributed by atoms with Crippen molar-refractivity contribution >= 4 is 28.9 Å². The van der Waals surface area contributed by atoms with E-state index in [9.17, 15) is 0 Å². The number of para-hydroxylation sites is 1. The second kappa shape index (κ2) is 14.9. The lowest BCUT2D eigenvalue weighted by Gasteiger charge is -2.36. The van der Waals surface area contributed by atoms with Gasteiger partial charge in [0.1, 0.15) is 18.1 Å². The summed E-state index contributed by atoms with van der Waals surface area (Å²) in [7, 11) is 0. The number of aryl methyl sites for hydroxylation is 1. The van der Waals surface area contributed by atoms with Crippen LogP contribution in [-0.2, 0) is 6.42 Å². The van der Waals surface area contributed by atoms with Crippen LogP contribution in [0.2, 0.25) is 5.02 Å². The fraction of sp³-hybridized carbons (Fsp3) is 0.243. The molecule has 8 heteroatoms. The van der Waals surface area contributed by atoms with Gasteiger partial charge in [0, 0.05) is 66.8 Å². The van der Waals surface area contributed by atoms with E-state index in [-0.39, 0.29) is 0 Å². The Kier molecular flexibility index (Phi) is 10.1. The molecule has 1 N–H and O–H groups in total. The average Bonchev–Trinajstić information content (AvgIpc) is 3.07. The zero-order valence-electron chi connectivity index (χ0n) is 25.5. The molecule has 0 saturated carbocycles. The topological polar surface area (TPSA) is 62.8 Å². The molecule has 1 saturated heterocycles. The molecule has 1 aliphatic heterocycles. The monoisotopic (exact) mass is 619 g/mol. The summed E-state index contributed by atoms with van der Waals surface area (Å²) in [5.74, 6) is 2.23. The normalized spacial score (nSPS) is 13.4. The third kappa shape index (κ3) is 8.75. The van der Waals surface area contributed by atoms with Gasteiger partial charge in [-0.05, 0) is 91.3 Å². The fourth-order valence-electron chi connectivity index (χ4n) is 5.36. The maximum absolute atomic E-state index is 6.05. The molecular weight excluding hydrogens is 582 g/mol. The molecule has 0 atom stereocenters. The molecule has 0 bridgehead atoms. The largest absolute Gasteiger partial charge is 0.493 e. The Labute approximate surface area is 270 Å². The highest BCUT2D eigenvalue weighted by molar-refractivity contribution is 6.30. The fourth-order valence-corrected chi connectivity index (χ4v) is 5.48. The van der Waals surface area contributed by atoms with E-state index in [0.29, 0.717) is 19.2 Å². The van der Waals surface area contributed by atoms with Crippen LogP contribution in [0.3, 0.4) is 0 Å². The highest BCUT2D eigenvalue weighted by atomic mass is 35.5. The third-order valence-electron chi connectivity index (χ3n) is 7.86. The molecule has 2 heterocycles. The van der Waals surface area contributed by atoms with Gasteiger partial charge in [0.15, 0.2) is 0 Å². The molecule has 1 aliphatic rings. The zero-order chi connectivity index (χ0) is 30.8. The van der Waals surface area contributed by atoms with Gasteiger partial charge >= 0.3 is 0 Å². The lowest BCUT2D eigenvalue weighted by molar-refractivity contribution is 0.200. The summed E-state index contributed by atoms with van der Waals surface area (Å²) in [5.41, 5.74) is 6.13. The molecular formula is C37H38ClN5O2. The van der Waals surface area contributed by atoms with Gasteiger partial charge < -0.3 is 19.7 Å². The molecule has 0 aliphatic carbocycles. The molecule has 7 nitrogen and oxygen atoms in total. The van der Waals surface area contributed by atoms with Gasteiger partial charge in [-0.3, -0.25) is 4.90 Å². The molecule has 230 valence electrons. The van der Waals surface area contributed by atoms with Gasteiger partial charge in [0.2, 0.25) is 5.95 Å². The highest BCUT2D eigenvalue weighted by Gasteiger charge is 2.16. The number of aromatic nitrogens is 2. The maximum atomic E-state index is 6.05. The summed E-state index contributed by atoms with van der Waals surface area (Å²) in [6.45, 7) is 8.32. The number of piperazine rings is 1. The van der Waals surface area contributed by atoms with Crippen LogP contribution in [0, 0.1) is 6.92 Å². The van der Waals surface area contributed by atoms with E-state index >= 15 is 0 Å². The van der Waals surface area contributed by atoms with Crippen LogP contribution in [0.5, 0.6) is 11.5 Å². The number of benzene rings is 4. The third-order valence-corrected chi connectivity index (χ3v) is 8.11. The lowest BCUT2D eigenvalue weighted by atomic mass is 10.1. The number of rotatable bonds is 12. The number of hydrogen-bond donors (Lipinski definition) is 1. The molecule has 0 spiro atoms. The summed E-state index contributed by atoms with van der Waals surface area (Å²) < 4.78 is 12.0. The number of halogens is 1. The number of nitrogens with one attached hydrogen (secondary N) is 1. The molecule has 6 rings (SSSR count). The van der Waals surface area contributed by atoms with E-state index in [0.717, 1.165) is 78.3 Å². The summed E-state index contributed by atoms with van der Waals surface area (Å²) in [6.07, 6.45) is 0.819. The van der Waals surface area contributed by atoms with E-state index in [2.05, 4.69) is 50.4 Å². The van der Waals surface area contributed by atoms with E-state index in [4.69, 9.17) is 26.1 Å². The number of hydrogen-bond acceptors (Lipinski definition) is 7. The van der Waals surface area contributed by atoms with Crippen LogP contribution in [0.4, 0.5) is 17.3 Å². The Hall–Kier alpha value is -4.59. The van der Waals surface area contributed by atoms with Crippen LogP contribution >= 0.6 is 11.6 Å². The SMILES string of the molecule is Cc1cc(-c2ccc(OCCc3ccc(Cl)cc3)cc2)nc(Nc2ccc(OCCN3CCN(c4ccccc4)CC3)cc2)n1. The number of ether oxygens (including phenoxy) is 2. The second-order valence-corrected chi connectivity index (χ2v) is 11.6. The Bertz CT molecular complexity index is 1640. The van der Waals surface area contributed by atoms with Crippen molar-refractivity contribution in [2.24, 2.45) is 0 Å². The summed E-state index contributed by atoms with van der Waals surface area (Å²) in [4.78, 5) is 14.3. The first-order valence-corrected chi connectivity index (χ1v) is 15.8. The Morgan fingerprint density at radius 2 is 1.40 bits per heavy atom. The summed E-state index contributed by atoms with van der Waals surface area (Å²) in [6, 6.07) is 36.4. The molecule has 45 heavy (non-hydrogen) atoms. The predicted molar refractivity (Wildman–Crippen MR) is 183 cm³/mol. The minimum Gasteiger partial charge on any atom is -0.493 e. The molecule has 0 amide bonds.